The zero-order chi connectivity index (χ0) is 13.8. The van der Waals surface area contributed by atoms with Crippen LogP contribution in [0.2, 0.25) is 0 Å². The van der Waals surface area contributed by atoms with Gasteiger partial charge in [-0.1, -0.05) is 36.5 Å². The van der Waals surface area contributed by atoms with E-state index in [4.69, 9.17) is 22.7 Å². The molecular formula is C15H22N2OS. The van der Waals surface area contributed by atoms with Crippen LogP contribution in [0.3, 0.4) is 0 Å². The average molecular weight is 278 g/mol. The van der Waals surface area contributed by atoms with Crippen LogP contribution in [0.1, 0.15) is 25.0 Å². The van der Waals surface area contributed by atoms with E-state index in [0.717, 1.165) is 19.6 Å². The van der Waals surface area contributed by atoms with Crippen LogP contribution in [0.5, 0.6) is 0 Å². The van der Waals surface area contributed by atoms with Gasteiger partial charge >= 0.3 is 0 Å². The van der Waals surface area contributed by atoms with E-state index < -0.39 is 0 Å². The van der Waals surface area contributed by atoms with E-state index in [9.17, 15) is 0 Å². The van der Waals surface area contributed by atoms with Gasteiger partial charge in [-0.3, -0.25) is 4.90 Å². The Labute approximate surface area is 120 Å². The fourth-order valence-electron chi connectivity index (χ4n) is 2.73. The van der Waals surface area contributed by atoms with Crippen molar-refractivity contribution in [2.45, 2.75) is 39.0 Å². The highest BCUT2D eigenvalue weighted by Gasteiger charge is 2.22. The van der Waals surface area contributed by atoms with Gasteiger partial charge < -0.3 is 10.5 Å². The van der Waals surface area contributed by atoms with Crippen LogP contribution >= 0.6 is 12.2 Å². The van der Waals surface area contributed by atoms with E-state index >= 15 is 0 Å². The first-order chi connectivity index (χ1) is 9.04. The molecule has 1 aromatic carbocycles. The van der Waals surface area contributed by atoms with Gasteiger partial charge in [-0.25, -0.2) is 0 Å². The maximum absolute atomic E-state index is 5.77. The molecule has 0 saturated carbocycles. The standard InChI is InChI=1S/C15H22N2OS/c1-11-8-17(9-12(2)18-11)10-14-6-4-3-5-13(14)7-15(16)19/h3-6,11-12H,7-10H2,1-2H3,(H2,16,19). The van der Waals surface area contributed by atoms with Gasteiger partial charge in [-0.15, -0.1) is 0 Å². The smallest absolute Gasteiger partial charge is 0.0771 e. The Morgan fingerprint density at radius 1 is 1.26 bits per heavy atom. The van der Waals surface area contributed by atoms with Crippen molar-refractivity contribution in [2.75, 3.05) is 13.1 Å². The van der Waals surface area contributed by atoms with Crippen molar-refractivity contribution in [2.24, 2.45) is 5.73 Å². The zero-order valence-corrected chi connectivity index (χ0v) is 12.5. The van der Waals surface area contributed by atoms with Gasteiger partial charge in [0.1, 0.15) is 0 Å². The number of ether oxygens (including phenoxy) is 1. The predicted octanol–water partition coefficient (Wildman–Crippen LogP) is 2.12. The third-order valence-corrected chi connectivity index (χ3v) is 3.52. The minimum absolute atomic E-state index is 0.298. The number of rotatable bonds is 4. The number of nitrogens with zero attached hydrogens (tertiary/aromatic N) is 1. The molecule has 0 aliphatic carbocycles. The minimum atomic E-state index is 0.298. The molecule has 0 amide bonds. The normalized spacial score (nSPS) is 24.3. The largest absolute Gasteiger partial charge is 0.393 e. The monoisotopic (exact) mass is 278 g/mol. The Hall–Kier alpha value is -0.970. The van der Waals surface area contributed by atoms with Crippen molar-refractivity contribution < 1.29 is 4.74 Å². The van der Waals surface area contributed by atoms with Gasteiger partial charge in [0, 0.05) is 26.1 Å². The maximum Gasteiger partial charge on any atom is 0.0771 e. The van der Waals surface area contributed by atoms with Crippen LogP contribution in [0, 0.1) is 0 Å². The molecule has 104 valence electrons. The average Bonchev–Trinajstić information content (AvgIpc) is 2.29. The molecule has 2 atom stereocenters. The Kier molecular flexibility index (Phi) is 4.91. The second-order valence-corrected chi connectivity index (χ2v) is 5.89. The van der Waals surface area contributed by atoms with E-state index in [2.05, 4.69) is 36.9 Å². The van der Waals surface area contributed by atoms with Crippen LogP contribution in [0.25, 0.3) is 0 Å². The Bertz CT molecular complexity index is 440. The number of thiocarbonyl (C=S) groups is 1. The topological polar surface area (TPSA) is 38.5 Å². The molecule has 1 heterocycles. The number of nitrogens with two attached hydrogens (primary N) is 1. The number of hydrogen-bond donors (Lipinski definition) is 1. The predicted molar refractivity (Wildman–Crippen MR) is 82.2 cm³/mol. The Balaban J connectivity index is 2.07. The van der Waals surface area contributed by atoms with Crippen molar-refractivity contribution in [3.8, 4) is 0 Å². The van der Waals surface area contributed by atoms with Gasteiger partial charge in [0.2, 0.25) is 0 Å². The lowest BCUT2D eigenvalue weighted by Crippen LogP contribution is -2.44. The minimum Gasteiger partial charge on any atom is -0.393 e. The van der Waals surface area contributed by atoms with Crippen molar-refractivity contribution >= 4 is 17.2 Å². The highest BCUT2D eigenvalue weighted by Crippen LogP contribution is 2.17. The molecule has 0 spiro atoms. The molecule has 1 aliphatic heterocycles. The van der Waals surface area contributed by atoms with Gasteiger partial charge in [0.25, 0.3) is 0 Å². The quantitative estimate of drug-likeness (QED) is 0.856. The van der Waals surface area contributed by atoms with Gasteiger partial charge in [0.15, 0.2) is 0 Å². The molecule has 0 radical (unpaired) electrons. The SMILES string of the molecule is CC1CN(Cc2ccccc2CC(N)=S)CC(C)O1. The van der Waals surface area contributed by atoms with Crippen molar-refractivity contribution in [3.63, 3.8) is 0 Å². The maximum atomic E-state index is 5.77. The summed E-state index contributed by atoms with van der Waals surface area (Å²) in [6.07, 6.45) is 1.28. The summed E-state index contributed by atoms with van der Waals surface area (Å²) in [5, 5.41) is 0. The Morgan fingerprint density at radius 2 is 1.84 bits per heavy atom. The van der Waals surface area contributed by atoms with Crippen LogP contribution in [-0.2, 0) is 17.7 Å². The summed E-state index contributed by atoms with van der Waals surface area (Å²) in [6, 6.07) is 8.40. The summed E-state index contributed by atoms with van der Waals surface area (Å²) >= 11 is 5.02. The van der Waals surface area contributed by atoms with Crippen molar-refractivity contribution in [1.29, 1.82) is 0 Å². The lowest BCUT2D eigenvalue weighted by Gasteiger charge is -2.35. The van der Waals surface area contributed by atoms with Crippen LogP contribution in [0.15, 0.2) is 24.3 Å². The summed E-state index contributed by atoms with van der Waals surface area (Å²) in [5.41, 5.74) is 8.22. The molecule has 1 aliphatic rings. The first-order valence-corrected chi connectivity index (χ1v) is 7.18. The molecule has 2 N–H and O–H groups in total. The second kappa shape index (κ2) is 6.46. The van der Waals surface area contributed by atoms with E-state index in [1.165, 1.54) is 11.1 Å². The fourth-order valence-corrected chi connectivity index (χ4v) is 2.88. The molecule has 4 heteroatoms. The molecule has 0 aromatic heterocycles. The third kappa shape index (κ3) is 4.27. The summed E-state index contributed by atoms with van der Waals surface area (Å²) in [5.74, 6) is 0. The number of benzene rings is 1. The van der Waals surface area contributed by atoms with E-state index in [0.29, 0.717) is 23.6 Å². The zero-order valence-electron chi connectivity index (χ0n) is 11.6. The van der Waals surface area contributed by atoms with Crippen molar-refractivity contribution in [3.05, 3.63) is 35.4 Å². The van der Waals surface area contributed by atoms with Gasteiger partial charge in [-0.2, -0.15) is 0 Å². The molecular weight excluding hydrogens is 256 g/mol. The van der Waals surface area contributed by atoms with E-state index in [1.54, 1.807) is 0 Å². The summed E-state index contributed by atoms with van der Waals surface area (Å²) in [6.45, 7) is 7.15. The fraction of sp³-hybridized carbons (Fsp3) is 0.533. The summed E-state index contributed by atoms with van der Waals surface area (Å²) in [4.78, 5) is 2.99. The van der Waals surface area contributed by atoms with E-state index in [-0.39, 0.29) is 0 Å². The summed E-state index contributed by atoms with van der Waals surface area (Å²) in [7, 11) is 0. The lowest BCUT2D eigenvalue weighted by molar-refractivity contribution is -0.0705. The second-order valence-electron chi connectivity index (χ2n) is 5.36. The number of hydrogen-bond acceptors (Lipinski definition) is 3. The first kappa shape index (κ1) is 14.4. The van der Waals surface area contributed by atoms with E-state index in [1.807, 2.05) is 6.07 Å². The molecule has 1 fully saturated rings. The van der Waals surface area contributed by atoms with Crippen LogP contribution < -0.4 is 5.73 Å². The number of morpholine rings is 1. The third-order valence-electron chi connectivity index (χ3n) is 3.37. The van der Waals surface area contributed by atoms with Gasteiger partial charge in [0.05, 0.1) is 17.2 Å². The molecule has 2 unspecified atom stereocenters. The van der Waals surface area contributed by atoms with Crippen LogP contribution in [-0.4, -0.2) is 35.2 Å². The highest BCUT2D eigenvalue weighted by atomic mass is 32.1. The van der Waals surface area contributed by atoms with Gasteiger partial charge in [-0.05, 0) is 25.0 Å². The molecule has 3 nitrogen and oxygen atoms in total. The van der Waals surface area contributed by atoms with Crippen molar-refractivity contribution in [1.82, 2.24) is 4.90 Å². The first-order valence-electron chi connectivity index (χ1n) is 6.77. The molecule has 19 heavy (non-hydrogen) atoms. The van der Waals surface area contributed by atoms with Crippen LogP contribution in [0.4, 0.5) is 0 Å². The Morgan fingerprint density at radius 3 is 2.42 bits per heavy atom. The molecule has 0 bridgehead atoms. The molecule has 2 rings (SSSR count). The molecule has 1 aromatic rings. The highest BCUT2D eigenvalue weighted by molar-refractivity contribution is 7.80. The molecule has 1 saturated heterocycles. The lowest BCUT2D eigenvalue weighted by atomic mass is 10.0. The summed E-state index contributed by atoms with van der Waals surface area (Å²) < 4.78 is 5.77.